The number of halogens is 2. The Kier molecular flexibility index (Phi) is 4.01. The molecule has 0 aliphatic heterocycles. The quantitative estimate of drug-likeness (QED) is 0.444. The first-order chi connectivity index (χ1) is 3.39. The summed E-state index contributed by atoms with van der Waals surface area (Å²) in [6.07, 6.45) is 0. The van der Waals surface area contributed by atoms with E-state index in [1.807, 2.05) is 0 Å². The average Bonchev–Trinajstić information content (AvgIpc) is 1.68. The fourth-order valence-corrected chi connectivity index (χ4v) is 1.50. The minimum absolute atomic E-state index is 1.44. The molecule has 0 aliphatic rings. The van der Waals surface area contributed by atoms with Crippen LogP contribution in [0.15, 0.2) is 0 Å². The van der Waals surface area contributed by atoms with E-state index in [-0.39, 0.29) is 0 Å². The molecular weight excluding hydrogens is 436 g/mol. The third-order valence-electron chi connectivity index (χ3n) is 1.56. The Morgan fingerprint density at radius 2 is 1.38 bits per heavy atom. The Labute approximate surface area is 72.4 Å². The summed E-state index contributed by atoms with van der Waals surface area (Å²) in [6, 6.07) is 0. The van der Waals surface area contributed by atoms with Crippen molar-refractivity contribution in [3.05, 3.63) is 0 Å². The summed E-state index contributed by atoms with van der Waals surface area (Å²) in [5.74, 6) is 0. The van der Waals surface area contributed by atoms with Crippen LogP contribution in [-0.2, 0) is 0 Å². The predicted octanol–water partition coefficient (Wildman–Crippen LogP) is 3.92. The Morgan fingerprint density at radius 1 is 1.12 bits per heavy atom. The van der Waals surface area contributed by atoms with E-state index < -0.39 is 9.36 Å². The average molecular weight is 449 g/mol. The molecule has 0 saturated heterocycles. The summed E-state index contributed by atoms with van der Waals surface area (Å²) >= 11 is 5.45. The van der Waals surface area contributed by atoms with Crippen molar-refractivity contribution in [3.8, 4) is 0 Å². The van der Waals surface area contributed by atoms with Crippen LogP contribution in [0.25, 0.3) is 0 Å². The van der Waals surface area contributed by atoms with E-state index in [1.54, 1.807) is 0 Å². The van der Waals surface area contributed by atoms with E-state index in [1.165, 1.54) is 8.73 Å². The van der Waals surface area contributed by atoms with Gasteiger partial charge in [-0.1, -0.05) is 0 Å². The predicted molar refractivity (Wildman–Crippen MR) is 60.6 cm³/mol. The number of hydrogen-bond donors (Lipinski definition) is 0. The summed E-state index contributed by atoms with van der Waals surface area (Å²) in [5, 5.41) is 0. The first-order valence-electron chi connectivity index (χ1n) is 2.83. The Balaban J connectivity index is 3.99. The maximum absolute atomic E-state index is 2.73. The molecule has 0 bridgehead atoms. The van der Waals surface area contributed by atoms with Gasteiger partial charge in [0.1, 0.15) is 0 Å². The third-order valence-corrected chi connectivity index (χ3v) is 28.8. The van der Waals surface area contributed by atoms with Gasteiger partial charge < -0.3 is 0 Å². The van der Waals surface area contributed by atoms with Crippen LogP contribution >= 0.6 is 37.0 Å². The van der Waals surface area contributed by atoms with Crippen molar-refractivity contribution in [1.82, 2.24) is 0 Å². The second-order valence-corrected chi connectivity index (χ2v) is 66.0. The summed E-state index contributed by atoms with van der Waals surface area (Å²) in [5.41, 5.74) is 0. The second-order valence-electron chi connectivity index (χ2n) is 2.37. The standard InChI is InChI=1S/2C2H5.CH3.2HI.Sb/c2*1-2;;;;/h2*1H2,2H3;1H3;2*1H;/q;;;;;+2/p-2. The third kappa shape index (κ3) is 4.15. The van der Waals surface area contributed by atoms with Crippen molar-refractivity contribution in [2.75, 3.05) is 0 Å². The topological polar surface area (TPSA) is 0 Å². The summed E-state index contributed by atoms with van der Waals surface area (Å²) < 4.78 is 2.87. The first kappa shape index (κ1) is 10.3. The monoisotopic (exact) mass is 448 g/mol. The molecule has 0 aromatic rings. The fourth-order valence-electron chi connectivity index (χ4n) is 0.224. The van der Waals surface area contributed by atoms with Crippen LogP contribution in [0.5, 0.6) is 0 Å². The molecular formula is C5H13I2Sb. The van der Waals surface area contributed by atoms with Crippen LogP contribution in [-0.4, -0.2) is 9.36 Å². The van der Waals surface area contributed by atoms with Gasteiger partial charge >= 0.3 is 73.8 Å². The van der Waals surface area contributed by atoms with Crippen LogP contribution in [0.1, 0.15) is 13.8 Å². The van der Waals surface area contributed by atoms with E-state index in [0.717, 1.165) is 0 Å². The Bertz CT molecular complexity index is 74.2. The zero-order valence-corrected chi connectivity index (χ0v) is 12.5. The molecule has 0 spiro atoms. The van der Waals surface area contributed by atoms with Crippen molar-refractivity contribution in [1.29, 1.82) is 0 Å². The molecule has 0 atom stereocenters. The van der Waals surface area contributed by atoms with E-state index in [4.69, 9.17) is 0 Å². The van der Waals surface area contributed by atoms with Gasteiger partial charge in [0.05, 0.1) is 0 Å². The van der Waals surface area contributed by atoms with Gasteiger partial charge in [-0.3, -0.25) is 0 Å². The van der Waals surface area contributed by atoms with Crippen molar-refractivity contribution in [3.63, 3.8) is 0 Å². The van der Waals surface area contributed by atoms with Gasteiger partial charge in [0.25, 0.3) is 0 Å². The molecule has 0 rings (SSSR count). The molecule has 0 aliphatic carbocycles. The molecule has 0 unspecified atom stereocenters. The molecule has 52 valence electrons. The van der Waals surface area contributed by atoms with Crippen molar-refractivity contribution in [2.24, 2.45) is 0 Å². The Hall–Kier alpha value is 2.28. The first-order valence-corrected chi connectivity index (χ1v) is 23.9. The molecule has 0 saturated carbocycles. The molecule has 0 radical (unpaired) electrons. The van der Waals surface area contributed by atoms with Crippen LogP contribution in [0.4, 0.5) is 0 Å². The number of rotatable bonds is 2. The van der Waals surface area contributed by atoms with Crippen molar-refractivity contribution < 1.29 is 0 Å². The van der Waals surface area contributed by atoms with Gasteiger partial charge in [0, 0.05) is 0 Å². The van der Waals surface area contributed by atoms with Crippen molar-refractivity contribution >= 4 is 46.4 Å². The molecule has 0 amide bonds. The van der Waals surface area contributed by atoms with Gasteiger partial charge in [0.2, 0.25) is 0 Å². The molecule has 3 heteroatoms. The number of hydrogen-bond acceptors (Lipinski definition) is 0. The zero-order valence-electron chi connectivity index (χ0n) is 5.62. The van der Waals surface area contributed by atoms with Gasteiger partial charge in [-0.25, -0.2) is 0 Å². The molecule has 0 aromatic heterocycles. The Morgan fingerprint density at radius 3 is 1.38 bits per heavy atom. The molecule has 0 nitrogen and oxygen atoms in total. The normalized spacial score (nSPS) is 17.4. The molecule has 0 fully saturated rings. The van der Waals surface area contributed by atoms with Gasteiger partial charge in [-0.05, 0) is 0 Å². The van der Waals surface area contributed by atoms with E-state index >= 15 is 0 Å². The van der Waals surface area contributed by atoms with Crippen LogP contribution in [0.2, 0.25) is 13.6 Å². The fraction of sp³-hybridized carbons (Fsp3) is 1.00. The van der Waals surface area contributed by atoms with Gasteiger partial charge in [-0.2, -0.15) is 0 Å². The van der Waals surface area contributed by atoms with Crippen LogP contribution in [0, 0.1) is 0 Å². The molecule has 0 N–H and O–H groups in total. The molecule has 0 heterocycles. The van der Waals surface area contributed by atoms with E-state index in [2.05, 4.69) is 55.7 Å². The molecule has 0 aromatic carbocycles. The van der Waals surface area contributed by atoms with E-state index in [0.29, 0.717) is 0 Å². The van der Waals surface area contributed by atoms with Crippen LogP contribution < -0.4 is 0 Å². The zero-order chi connectivity index (χ0) is 6.86. The minimum atomic E-state index is -1.86. The molecule has 8 heavy (non-hydrogen) atoms. The van der Waals surface area contributed by atoms with Crippen LogP contribution in [0.3, 0.4) is 0 Å². The second kappa shape index (κ2) is 3.12. The van der Waals surface area contributed by atoms with E-state index in [9.17, 15) is 0 Å². The van der Waals surface area contributed by atoms with Gasteiger partial charge in [0.15, 0.2) is 0 Å². The summed E-state index contributed by atoms with van der Waals surface area (Å²) in [4.78, 5) is 2.49. The van der Waals surface area contributed by atoms with Crippen molar-refractivity contribution in [2.45, 2.75) is 27.5 Å². The summed E-state index contributed by atoms with van der Waals surface area (Å²) in [6.45, 7) is 4.65. The maximum atomic E-state index is 2.73. The summed E-state index contributed by atoms with van der Waals surface area (Å²) in [7, 11) is -1.86. The van der Waals surface area contributed by atoms with Gasteiger partial charge in [-0.15, -0.1) is 0 Å². The SMILES string of the molecule is C[CH2][Sb]([CH3])([I])([I])[CH2]C.